The van der Waals surface area contributed by atoms with Crippen molar-refractivity contribution in [3.05, 3.63) is 146 Å². The van der Waals surface area contributed by atoms with Crippen molar-refractivity contribution in [2.24, 2.45) is 0 Å². The molecule has 0 radical (unpaired) electrons. The van der Waals surface area contributed by atoms with Gasteiger partial charge in [-0.2, -0.15) is 4.98 Å². The molecule has 0 fully saturated rings. The second-order valence-corrected chi connectivity index (χ2v) is 11.2. The summed E-state index contributed by atoms with van der Waals surface area (Å²) in [7, 11) is 0. The molecule has 46 heavy (non-hydrogen) atoms. The van der Waals surface area contributed by atoms with Crippen LogP contribution in [0.1, 0.15) is 0 Å². The average Bonchev–Trinajstić information content (AvgIpc) is 3.14. The Labute approximate surface area is 263 Å². The molecule has 214 valence electrons. The number of nitrogens with zero attached hydrogens (tertiary/aromatic N) is 7. The highest BCUT2D eigenvalue weighted by Crippen LogP contribution is 2.28. The lowest BCUT2D eigenvalue weighted by Crippen LogP contribution is -2.33. The molecule has 0 aliphatic heterocycles. The van der Waals surface area contributed by atoms with E-state index in [9.17, 15) is 0 Å². The molecule has 5 aromatic heterocycles. The Hall–Kier alpha value is -6.47. The van der Waals surface area contributed by atoms with Gasteiger partial charge in [-0.15, -0.1) is 0 Å². The first-order valence-corrected chi connectivity index (χ1v) is 15.0. The van der Waals surface area contributed by atoms with Crippen LogP contribution in [0.5, 0.6) is 0 Å². The molecule has 0 spiro atoms. The van der Waals surface area contributed by atoms with E-state index in [2.05, 4.69) is 88.8 Å². The maximum Gasteiger partial charge on any atom is 0.441 e. The summed E-state index contributed by atoms with van der Waals surface area (Å²) < 4.78 is 1.94. The van der Waals surface area contributed by atoms with Gasteiger partial charge < -0.3 is 0 Å². The topological polar surface area (TPSA) is 81.2 Å². The van der Waals surface area contributed by atoms with Crippen LogP contribution in [-0.4, -0.2) is 29.9 Å². The monoisotopic (exact) mass is 590 g/mol. The molecule has 0 aliphatic rings. The third-order valence-electron chi connectivity index (χ3n) is 8.32. The normalized spacial score (nSPS) is 11.5. The van der Waals surface area contributed by atoms with E-state index in [1.807, 2.05) is 65.8 Å². The van der Waals surface area contributed by atoms with Crippen LogP contribution >= 0.6 is 0 Å². The van der Waals surface area contributed by atoms with Gasteiger partial charge in [0.2, 0.25) is 11.6 Å². The molecule has 0 aliphatic carbocycles. The van der Waals surface area contributed by atoms with Crippen LogP contribution in [0.4, 0.5) is 0 Å². The van der Waals surface area contributed by atoms with Crippen molar-refractivity contribution in [1.29, 1.82) is 0 Å². The first-order valence-electron chi connectivity index (χ1n) is 15.0. The second kappa shape index (κ2) is 10.6. The Morgan fingerprint density at radius 2 is 1.07 bits per heavy atom. The Balaban J connectivity index is 1.22. The molecule has 9 aromatic rings. The van der Waals surface area contributed by atoms with E-state index in [4.69, 9.17) is 19.9 Å². The summed E-state index contributed by atoms with van der Waals surface area (Å²) in [5.41, 5.74) is 6.61. The zero-order chi connectivity index (χ0) is 30.5. The standard InChI is InChI=1S/C39H24N7/c1-2-6-25(7-3-1)26-10-15-30(16-11-26)37-43-38(32-22-31-17-14-29-9-5-20-41-35(29)36(31)42-23-32)45-39(44-37)46-21-18-27-12-13-28-8-4-19-40-34(28)33(27)24-46/h1-24H/q+1. The molecule has 0 bridgehead atoms. The first-order chi connectivity index (χ1) is 22.8. The van der Waals surface area contributed by atoms with Crippen molar-refractivity contribution in [3.63, 3.8) is 0 Å². The van der Waals surface area contributed by atoms with Crippen LogP contribution in [0.25, 0.3) is 83.3 Å². The van der Waals surface area contributed by atoms with E-state index in [1.165, 1.54) is 0 Å². The van der Waals surface area contributed by atoms with Gasteiger partial charge in [0.1, 0.15) is 0 Å². The predicted octanol–water partition coefficient (Wildman–Crippen LogP) is 7.95. The van der Waals surface area contributed by atoms with Gasteiger partial charge in [0.25, 0.3) is 0 Å². The number of rotatable bonds is 4. The zero-order valence-corrected chi connectivity index (χ0v) is 24.5. The molecule has 0 amide bonds. The predicted molar refractivity (Wildman–Crippen MR) is 181 cm³/mol. The molecule has 0 unspecified atom stereocenters. The molecule has 0 saturated heterocycles. The highest BCUT2D eigenvalue weighted by atomic mass is 15.2. The van der Waals surface area contributed by atoms with Crippen molar-refractivity contribution >= 4 is 43.5 Å². The minimum Gasteiger partial charge on any atom is -0.255 e. The smallest absolute Gasteiger partial charge is 0.255 e. The van der Waals surface area contributed by atoms with Crippen LogP contribution in [0.15, 0.2) is 146 Å². The SMILES string of the molecule is c1ccc(-c2ccc(-c3nc(-c4cnc5c(ccc6cccnc65)c4)nc(-[n+]4ccc5ccc6cccnc6c5c4)n3)cc2)cc1. The minimum absolute atomic E-state index is 0.502. The van der Waals surface area contributed by atoms with Crippen LogP contribution in [-0.2, 0) is 0 Å². The summed E-state index contributed by atoms with van der Waals surface area (Å²) in [5.74, 6) is 1.61. The Morgan fingerprint density at radius 3 is 1.87 bits per heavy atom. The lowest BCUT2D eigenvalue weighted by atomic mass is 10.0. The third kappa shape index (κ3) is 4.50. The summed E-state index contributed by atoms with van der Waals surface area (Å²) in [6.45, 7) is 0. The van der Waals surface area contributed by atoms with Gasteiger partial charge in [0, 0.05) is 45.7 Å². The van der Waals surface area contributed by atoms with Crippen LogP contribution in [0, 0.1) is 0 Å². The quantitative estimate of drug-likeness (QED) is 0.153. The molecule has 0 atom stereocenters. The number of pyridine rings is 4. The number of hydrogen-bond donors (Lipinski definition) is 0. The number of aromatic nitrogens is 7. The summed E-state index contributed by atoms with van der Waals surface area (Å²) in [6, 6.07) is 39.1. The maximum absolute atomic E-state index is 4.99. The Kier molecular flexibility index (Phi) is 5.99. The summed E-state index contributed by atoms with van der Waals surface area (Å²) in [4.78, 5) is 29.0. The molecule has 9 rings (SSSR count). The molecular formula is C39H24N7+. The fourth-order valence-corrected chi connectivity index (χ4v) is 5.97. The fourth-order valence-electron chi connectivity index (χ4n) is 5.97. The van der Waals surface area contributed by atoms with Crippen molar-refractivity contribution < 1.29 is 4.57 Å². The minimum atomic E-state index is 0.502. The third-order valence-corrected chi connectivity index (χ3v) is 8.32. The van der Waals surface area contributed by atoms with Gasteiger partial charge in [0.05, 0.1) is 34.5 Å². The van der Waals surface area contributed by atoms with E-state index in [0.717, 1.165) is 65.7 Å². The maximum atomic E-state index is 4.99. The van der Waals surface area contributed by atoms with E-state index in [0.29, 0.717) is 17.6 Å². The van der Waals surface area contributed by atoms with Crippen molar-refractivity contribution in [1.82, 2.24) is 29.9 Å². The van der Waals surface area contributed by atoms with Crippen LogP contribution in [0.3, 0.4) is 0 Å². The largest absolute Gasteiger partial charge is 0.441 e. The van der Waals surface area contributed by atoms with Crippen molar-refractivity contribution in [3.8, 4) is 39.9 Å². The molecule has 7 nitrogen and oxygen atoms in total. The van der Waals surface area contributed by atoms with E-state index < -0.39 is 0 Å². The second-order valence-electron chi connectivity index (χ2n) is 11.2. The fraction of sp³-hybridized carbons (Fsp3) is 0. The number of hydrogen-bond acceptors (Lipinski definition) is 6. The molecule has 7 heteroatoms. The van der Waals surface area contributed by atoms with Gasteiger partial charge in [-0.05, 0) is 62.9 Å². The molecule has 5 heterocycles. The van der Waals surface area contributed by atoms with Crippen LogP contribution < -0.4 is 4.57 Å². The summed E-state index contributed by atoms with van der Waals surface area (Å²) in [5, 5.41) is 5.20. The van der Waals surface area contributed by atoms with Crippen molar-refractivity contribution in [2.75, 3.05) is 0 Å². The summed E-state index contributed by atoms with van der Waals surface area (Å²) >= 11 is 0. The number of fused-ring (bicyclic) bond motifs is 6. The molecule has 0 saturated carbocycles. The van der Waals surface area contributed by atoms with Gasteiger partial charge in [-0.1, -0.05) is 78.9 Å². The highest BCUT2D eigenvalue weighted by molar-refractivity contribution is 6.04. The van der Waals surface area contributed by atoms with E-state index in [1.54, 1.807) is 6.20 Å². The van der Waals surface area contributed by atoms with E-state index >= 15 is 0 Å². The van der Waals surface area contributed by atoms with Crippen LogP contribution in [0.2, 0.25) is 0 Å². The Morgan fingerprint density at radius 1 is 0.435 bits per heavy atom. The lowest BCUT2D eigenvalue weighted by Gasteiger charge is -2.07. The number of benzene rings is 4. The van der Waals surface area contributed by atoms with Gasteiger partial charge in [-0.3, -0.25) is 15.0 Å². The lowest BCUT2D eigenvalue weighted by molar-refractivity contribution is -0.602. The zero-order valence-electron chi connectivity index (χ0n) is 24.5. The molecule has 0 N–H and O–H groups in total. The average molecular weight is 591 g/mol. The highest BCUT2D eigenvalue weighted by Gasteiger charge is 2.22. The Bertz CT molecular complexity index is 2580. The van der Waals surface area contributed by atoms with E-state index in [-0.39, 0.29) is 0 Å². The first kappa shape index (κ1) is 26.0. The molecular weight excluding hydrogens is 566 g/mol. The summed E-state index contributed by atoms with van der Waals surface area (Å²) in [6.07, 6.45) is 9.46. The van der Waals surface area contributed by atoms with Gasteiger partial charge in [-0.25, -0.2) is 4.57 Å². The van der Waals surface area contributed by atoms with Gasteiger partial charge >= 0.3 is 5.95 Å². The van der Waals surface area contributed by atoms with Crippen molar-refractivity contribution in [2.45, 2.75) is 0 Å². The molecule has 4 aromatic carbocycles. The van der Waals surface area contributed by atoms with Gasteiger partial charge in [0.15, 0.2) is 0 Å².